The summed E-state index contributed by atoms with van der Waals surface area (Å²) in [5, 5.41) is 9.45. The highest BCUT2D eigenvalue weighted by atomic mass is 16.5. The second-order valence-electron chi connectivity index (χ2n) is 6.78. The van der Waals surface area contributed by atoms with Crippen molar-refractivity contribution < 1.29 is 14.6 Å². The van der Waals surface area contributed by atoms with Crippen molar-refractivity contribution in [3.63, 3.8) is 0 Å². The minimum atomic E-state index is -0.991. The van der Waals surface area contributed by atoms with E-state index < -0.39 is 11.6 Å². The lowest BCUT2D eigenvalue weighted by molar-refractivity contribution is -0.161. The predicted molar refractivity (Wildman–Crippen MR) is 80.0 cm³/mol. The first-order chi connectivity index (χ1) is 9.81. The number of nitrogens with zero attached hydrogens (tertiary/aromatic N) is 3. The Bertz CT molecular complexity index is 556. The predicted octanol–water partition coefficient (Wildman–Crippen LogP) is 2.34. The number of hydrogen-bond acceptors (Lipinski definition) is 4. The third-order valence-electron chi connectivity index (χ3n) is 4.06. The van der Waals surface area contributed by atoms with E-state index in [0.29, 0.717) is 5.82 Å². The van der Waals surface area contributed by atoms with Crippen molar-refractivity contribution in [2.24, 2.45) is 0 Å². The summed E-state index contributed by atoms with van der Waals surface area (Å²) in [5.41, 5.74) is -0.501. The van der Waals surface area contributed by atoms with Gasteiger partial charge in [0.05, 0.1) is 19.7 Å². The van der Waals surface area contributed by atoms with Gasteiger partial charge in [0.1, 0.15) is 17.2 Å². The highest BCUT2D eigenvalue weighted by molar-refractivity contribution is 5.86. The molecule has 1 aromatic rings. The third kappa shape index (κ3) is 2.44. The van der Waals surface area contributed by atoms with Crippen LogP contribution in [0.5, 0.6) is 0 Å². The molecule has 1 aromatic heterocycles. The van der Waals surface area contributed by atoms with Crippen molar-refractivity contribution in [1.29, 1.82) is 0 Å². The van der Waals surface area contributed by atoms with E-state index >= 15 is 0 Å². The molecule has 0 radical (unpaired) electrons. The smallest absolute Gasteiger partial charge is 0.413 e. The fraction of sp³-hybridized carbons (Fsp3) is 0.600. The summed E-state index contributed by atoms with van der Waals surface area (Å²) in [4.78, 5) is 19.5. The lowest BCUT2D eigenvalue weighted by Crippen LogP contribution is -2.68. The van der Waals surface area contributed by atoms with E-state index in [1.807, 2.05) is 32.9 Å². The monoisotopic (exact) mass is 291 g/mol. The summed E-state index contributed by atoms with van der Waals surface area (Å²) >= 11 is 0. The molecular weight excluding hydrogens is 270 g/mol. The molecule has 1 N–H and O–H groups in total. The minimum absolute atomic E-state index is 0.0359. The summed E-state index contributed by atoms with van der Waals surface area (Å²) in [7, 11) is 0. The van der Waals surface area contributed by atoms with Gasteiger partial charge < -0.3 is 14.7 Å². The summed E-state index contributed by atoms with van der Waals surface area (Å²) in [6, 6.07) is 5.50. The molecule has 3 heterocycles. The van der Waals surface area contributed by atoms with Crippen LogP contribution in [0.25, 0.3) is 0 Å². The number of carbonyl (C=O) groups is 1. The molecule has 0 atom stereocenters. The van der Waals surface area contributed by atoms with Gasteiger partial charge in [0.15, 0.2) is 0 Å². The molecule has 6 nitrogen and oxygen atoms in total. The Hall–Kier alpha value is -1.82. The van der Waals surface area contributed by atoms with E-state index in [4.69, 9.17) is 4.74 Å². The Morgan fingerprint density at radius 1 is 1.43 bits per heavy atom. The quantitative estimate of drug-likeness (QED) is 0.906. The standard InChI is InChI=1S/C15H21N3O3/c1-14(2,3)18(13(19)20)12-6-4-5-11(16-12)17-9-15(10-17)7-8-21-15/h4-6H,7-10H2,1-3H3,(H,19,20). The first-order valence-corrected chi connectivity index (χ1v) is 7.20. The van der Waals surface area contributed by atoms with Gasteiger partial charge in [-0.05, 0) is 32.9 Å². The van der Waals surface area contributed by atoms with E-state index in [1.54, 1.807) is 6.07 Å². The Morgan fingerprint density at radius 3 is 2.57 bits per heavy atom. The van der Waals surface area contributed by atoms with E-state index in [9.17, 15) is 9.90 Å². The van der Waals surface area contributed by atoms with E-state index in [1.165, 1.54) is 4.90 Å². The second-order valence-corrected chi connectivity index (χ2v) is 6.78. The first kappa shape index (κ1) is 14.1. The maximum absolute atomic E-state index is 11.5. The van der Waals surface area contributed by atoms with Gasteiger partial charge in [-0.25, -0.2) is 9.78 Å². The fourth-order valence-corrected chi connectivity index (χ4v) is 2.89. The summed E-state index contributed by atoms with van der Waals surface area (Å²) < 4.78 is 5.60. The van der Waals surface area contributed by atoms with Crippen molar-refractivity contribution >= 4 is 17.7 Å². The van der Waals surface area contributed by atoms with Crippen LogP contribution in [0, 0.1) is 0 Å². The SMILES string of the molecule is CC(C)(C)N(C(=O)O)c1cccc(N2CC3(CCO3)C2)n1. The van der Waals surface area contributed by atoms with Crippen molar-refractivity contribution in [3.8, 4) is 0 Å². The maximum Gasteiger partial charge on any atom is 0.413 e. The molecule has 114 valence electrons. The van der Waals surface area contributed by atoms with Crippen LogP contribution in [0.15, 0.2) is 18.2 Å². The Kier molecular flexibility index (Phi) is 3.09. The summed E-state index contributed by atoms with van der Waals surface area (Å²) in [6.45, 7) is 8.10. The van der Waals surface area contributed by atoms with Crippen molar-refractivity contribution in [3.05, 3.63) is 18.2 Å². The first-order valence-electron chi connectivity index (χ1n) is 7.20. The number of rotatable bonds is 2. The van der Waals surface area contributed by atoms with Gasteiger partial charge in [0.2, 0.25) is 0 Å². The highest BCUT2D eigenvalue weighted by Gasteiger charge is 2.49. The Morgan fingerprint density at radius 2 is 2.10 bits per heavy atom. The van der Waals surface area contributed by atoms with Crippen LogP contribution >= 0.6 is 0 Å². The average Bonchev–Trinajstić information content (AvgIpc) is 2.22. The van der Waals surface area contributed by atoms with E-state index in [2.05, 4.69) is 9.88 Å². The molecule has 1 spiro atoms. The van der Waals surface area contributed by atoms with Crippen LogP contribution in [0.1, 0.15) is 27.2 Å². The van der Waals surface area contributed by atoms with Gasteiger partial charge >= 0.3 is 6.09 Å². The fourth-order valence-electron chi connectivity index (χ4n) is 2.89. The number of pyridine rings is 1. The number of amides is 1. The third-order valence-corrected chi connectivity index (χ3v) is 4.06. The van der Waals surface area contributed by atoms with Crippen LogP contribution in [-0.2, 0) is 4.74 Å². The summed E-state index contributed by atoms with van der Waals surface area (Å²) in [5.74, 6) is 1.27. The molecular formula is C15H21N3O3. The Labute approximate surface area is 124 Å². The second kappa shape index (κ2) is 4.59. The van der Waals surface area contributed by atoms with Gasteiger partial charge in [-0.2, -0.15) is 0 Å². The van der Waals surface area contributed by atoms with Crippen molar-refractivity contribution in [2.45, 2.75) is 38.3 Å². The van der Waals surface area contributed by atoms with Crippen LogP contribution in [-0.4, -0.2) is 47.0 Å². The molecule has 2 aliphatic heterocycles. The molecule has 3 rings (SSSR count). The van der Waals surface area contributed by atoms with Crippen LogP contribution in [0.2, 0.25) is 0 Å². The normalized spacial score (nSPS) is 19.9. The van der Waals surface area contributed by atoms with Crippen LogP contribution in [0.3, 0.4) is 0 Å². The molecule has 0 saturated carbocycles. The number of aromatic nitrogens is 1. The number of carboxylic acid groups (broad SMARTS) is 1. The highest BCUT2D eigenvalue weighted by Crippen LogP contribution is 2.38. The lowest BCUT2D eigenvalue weighted by Gasteiger charge is -2.55. The number of ether oxygens (including phenoxy) is 1. The zero-order chi connectivity index (χ0) is 15.3. The van der Waals surface area contributed by atoms with Gasteiger partial charge in [-0.15, -0.1) is 0 Å². The van der Waals surface area contributed by atoms with E-state index in [0.717, 1.165) is 31.9 Å². The van der Waals surface area contributed by atoms with Crippen molar-refractivity contribution in [2.75, 3.05) is 29.5 Å². The van der Waals surface area contributed by atoms with Gasteiger partial charge in [0, 0.05) is 12.0 Å². The van der Waals surface area contributed by atoms with E-state index in [-0.39, 0.29) is 5.60 Å². The summed E-state index contributed by atoms with van der Waals surface area (Å²) in [6.07, 6.45) is 0.112. The zero-order valence-electron chi connectivity index (χ0n) is 12.7. The molecule has 0 aliphatic carbocycles. The Balaban J connectivity index is 1.81. The topological polar surface area (TPSA) is 65.9 Å². The molecule has 21 heavy (non-hydrogen) atoms. The molecule has 2 fully saturated rings. The zero-order valence-corrected chi connectivity index (χ0v) is 12.7. The number of hydrogen-bond donors (Lipinski definition) is 1. The molecule has 0 bridgehead atoms. The lowest BCUT2D eigenvalue weighted by atomic mass is 9.86. The molecule has 1 amide bonds. The van der Waals surface area contributed by atoms with Crippen LogP contribution < -0.4 is 9.80 Å². The largest absolute Gasteiger partial charge is 0.465 e. The molecule has 0 unspecified atom stereocenters. The maximum atomic E-state index is 11.5. The van der Waals surface area contributed by atoms with Gasteiger partial charge in [0.25, 0.3) is 0 Å². The average molecular weight is 291 g/mol. The molecule has 6 heteroatoms. The minimum Gasteiger partial charge on any atom is -0.465 e. The van der Waals surface area contributed by atoms with Crippen molar-refractivity contribution in [1.82, 2.24) is 4.98 Å². The van der Waals surface area contributed by atoms with Gasteiger partial charge in [-0.3, -0.25) is 4.90 Å². The molecule has 2 saturated heterocycles. The molecule has 2 aliphatic rings. The van der Waals surface area contributed by atoms with Crippen LogP contribution in [0.4, 0.5) is 16.4 Å². The number of anilines is 2. The molecule has 0 aromatic carbocycles. The van der Waals surface area contributed by atoms with Gasteiger partial charge in [-0.1, -0.05) is 6.07 Å².